The zero-order valence-electron chi connectivity index (χ0n) is 27.4. The van der Waals surface area contributed by atoms with Crippen molar-refractivity contribution in [3.05, 3.63) is 70.0 Å². The number of rotatable bonds is 16. The molecule has 1 aromatic heterocycles. The van der Waals surface area contributed by atoms with E-state index in [-0.39, 0.29) is 51.7 Å². The van der Waals surface area contributed by atoms with E-state index in [4.69, 9.17) is 46.9 Å². The minimum atomic E-state index is -3.79. The SMILES string of the molecule is COc1ccc(OC(=O)O[C@@H](Cc2c(Cl)cncc2Cl)c2ccc(OC(F)F)c(OCC3CC3)c2)cc1N(CCN1CCOCC1)S(C)(=O)=O. The predicted octanol–water partition coefficient (Wildman–Crippen LogP) is 6.38. The number of ether oxygens (including phenoxy) is 6. The van der Waals surface area contributed by atoms with Gasteiger partial charge in [-0.25, -0.2) is 13.2 Å². The number of aromatic nitrogens is 1. The van der Waals surface area contributed by atoms with Crippen molar-refractivity contribution in [2.45, 2.75) is 32.0 Å². The molecule has 0 amide bonds. The Hall–Kier alpha value is -3.63. The maximum atomic E-state index is 13.4. The van der Waals surface area contributed by atoms with Crippen LogP contribution in [-0.2, 0) is 25.9 Å². The number of carbonyl (C=O) groups is 1. The van der Waals surface area contributed by atoms with E-state index in [1.807, 2.05) is 0 Å². The molecule has 1 aliphatic carbocycles. The summed E-state index contributed by atoms with van der Waals surface area (Å²) in [4.78, 5) is 19.4. The van der Waals surface area contributed by atoms with E-state index in [0.717, 1.165) is 19.1 Å². The van der Waals surface area contributed by atoms with Gasteiger partial charge < -0.3 is 28.4 Å². The minimum Gasteiger partial charge on any atom is -0.495 e. The van der Waals surface area contributed by atoms with Gasteiger partial charge in [-0.2, -0.15) is 8.78 Å². The lowest BCUT2D eigenvalue weighted by molar-refractivity contribution is -0.0515. The fraction of sp³-hybridized carbons (Fsp3) is 0.455. The predicted molar refractivity (Wildman–Crippen MR) is 182 cm³/mol. The molecule has 50 heavy (non-hydrogen) atoms. The monoisotopic (exact) mass is 759 g/mol. The smallest absolute Gasteiger partial charge is 0.495 e. The summed E-state index contributed by atoms with van der Waals surface area (Å²) in [6.45, 7) is 0.182. The van der Waals surface area contributed by atoms with Gasteiger partial charge in [0.1, 0.15) is 17.6 Å². The van der Waals surface area contributed by atoms with E-state index in [0.29, 0.717) is 56.5 Å². The van der Waals surface area contributed by atoms with E-state index in [1.165, 1.54) is 60.2 Å². The number of pyridine rings is 1. The molecule has 0 bridgehead atoms. The average Bonchev–Trinajstić information content (AvgIpc) is 3.90. The van der Waals surface area contributed by atoms with Gasteiger partial charge in [-0.1, -0.05) is 29.3 Å². The molecule has 2 aromatic carbocycles. The van der Waals surface area contributed by atoms with Crippen LogP contribution in [0.25, 0.3) is 0 Å². The summed E-state index contributed by atoms with van der Waals surface area (Å²) < 4.78 is 86.1. The molecule has 17 heteroatoms. The number of methoxy groups -OCH3 is 1. The molecule has 2 fully saturated rings. The number of nitrogens with zero attached hydrogens (tertiary/aromatic N) is 3. The zero-order chi connectivity index (χ0) is 35.8. The van der Waals surface area contributed by atoms with Crippen LogP contribution in [0.2, 0.25) is 10.0 Å². The summed E-state index contributed by atoms with van der Waals surface area (Å²) in [5.74, 6) is 0.380. The van der Waals surface area contributed by atoms with Crippen molar-refractivity contribution in [2.75, 3.05) is 63.7 Å². The number of hydrogen-bond acceptors (Lipinski definition) is 11. The highest BCUT2D eigenvalue weighted by atomic mass is 35.5. The normalized spacial score (nSPS) is 15.7. The molecule has 1 saturated heterocycles. The Kier molecular flexibility index (Phi) is 12.8. The molecule has 1 atom stereocenters. The first kappa shape index (κ1) is 37.6. The molecule has 0 N–H and O–H groups in total. The van der Waals surface area contributed by atoms with E-state index in [1.54, 1.807) is 0 Å². The van der Waals surface area contributed by atoms with Crippen molar-refractivity contribution in [2.24, 2.45) is 5.92 Å². The highest BCUT2D eigenvalue weighted by Crippen LogP contribution is 2.39. The Morgan fingerprint density at radius 2 is 1.76 bits per heavy atom. The first-order chi connectivity index (χ1) is 23.9. The summed E-state index contributed by atoms with van der Waals surface area (Å²) in [5, 5.41) is 0.417. The minimum absolute atomic E-state index is 0.0290. The van der Waals surface area contributed by atoms with Gasteiger partial charge in [-0.3, -0.25) is 14.2 Å². The molecule has 12 nitrogen and oxygen atoms in total. The number of sulfonamides is 1. The Morgan fingerprint density at radius 3 is 2.40 bits per heavy atom. The number of morpholine rings is 1. The molecule has 2 heterocycles. The maximum absolute atomic E-state index is 13.4. The van der Waals surface area contributed by atoms with Crippen LogP contribution >= 0.6 is 23.2 Å². The summed E-state index contributed by atoms with van der Waals surface area (Å²) in [5.41, 5.74) is 0.915. The van der Waals surface area contributed by atoms with E-state index < -0.39 is 28.9 Å². The molecule has 5 rings (SSSR count). The molecule has 3 aromatic rings. The number of benzene rings is 2. The molecular formula is C33H37Cl2F2N3O9S. The maximum Gasteiger partial charge on any atom is 0.514 e. The van der Waals surface area contributed by atoms with Crippen LogP contribution in [-0.4, -0.2) is 90.4 Å². The molecule has 0 radical (unpaired) electrons. The number of carbonyl (C=O) groups excluding carboxylic acids is 1. The van der Waals surface area contributed by atoms with Crippen LogP contribution in [0.4, 0.5) is 19.3 Å². The van der Waals surface area contributed by atoms with Crippen LogP contribution in [0.1, 0.15) is 30.1 Å². The Labute approximate surface area is 299 Å². The summed E-state index contributed by atoms with van der Waals surface area (Å²) >= 11 is 12.8. The quantitative estimate of drug-likeness (QED) is 0.119. The lowest BCUT2D eigenvalue weighted by Gasteiger charge is -2.30. The van der Waals surface area contributed by atoms with Crippen LogP contribution in [0.15, 0.2) is 48.8 Å². The largest absolute Gasteiger partial charge is 0.514 e. The lowest BCUT2D eigenvalue weighted by atomic mass is 10.0. The van der Waals surface area contributed by atoms with Crippen molar-refractivity contribution < 1.29 is 50.4 Å². The average molecular weight is 761 g/mol. The molecule has 1 aliphatic heterocycles. The van der Waals surface area contributed by atoms with E-state index >= 15 is 0 Å². The second-order valence-electron chi connectivity index (χ2n) is 11.7. The number of anilines is 1. The second kappa shape index (κ2) is 17.1. The summed E-state index contributed by atoms with van der Waals surface area (Å²) in [6.07, 6.45) is 3.45. The van der Waals surface area contributed by atoms with Gasteiger partial charge in [0.05, 0.1) is 48.9 Å². The highest BCUT2D eigenvalue weighted by Gasteiger charge is 2.28. The molecule has 0 spiro atoms. The third-order valence-electron chi connectivity index (χ3n) is 8.05. The number of halogens is 4. The van der Waals surface area contributed by atoms with Crippen LogP contribution < -0.4 is 23.3 Å². The molecule has 0 unspecified atom stereocenters. The molecule has 272 valence electrons. The lowest BCUT2D eigenvalue weighted by Crippen LogP contribution is -2.43. The van der Waals surface area contributed by atoms with Gasteiger partial charge in [0.25, 0.3) is 0 Å². The topological polar surface area (TPSA) is 126 Å². The van der Waals surface area contributed by atoms with Crippen molar-refractivity contribution in [1.82, 2.24) is 9.88 Å². The van der Waals surface area contributed by atoms with Gasteiger partial charge in [0.15, 0.2) is 11.5 Å². The Morgan fingerprint density at radius 1 is 1.06 bits per heavy atom. The zero-order valence-corrected chi connectivity index (χ0v) is 29.7. The van der Waals surface area contributed by atoms with Crippen LogP contribution in [0, 0.1) is 5.92 Å². The fourth-order valence-electron chi connectivity index (χ4n) is 5.26. The number of hydrogen-bond donors (Lipinski definition) is 0. The molecular weight excluding hydrogens is 723 g/mol. The van der Waals surface area contributed by atoms with Gasteiger partial charge in [-0.15, -0.1) is 0 Å². The first-order valence-electron chi connectivity index (χ1n) is 15.7. The first-order valence-corrected chi connectivity index (χ1v) is 18.4. The molecule has 1 saturated carbocycles. The van der Waals surface area contributed by atoms with Gasteiger partial charge >= 0.3 is 12.8 Å². The van der Waals surface area contributed by atoms with Crippen molar-refractivity contribution in [1.29, 1.82) is 0 Å². The van der Waals surface area contributed by atoms with Gasteiger partial charge in [0.2, 0.25) is 10.0 Å². The van der Waals surface area contributed by atoms with E-state index in [2.05, 4.69) is 14.6 Å². The standard InChI is InChI=1S/C33H37Cl2F2N3O9S/c1-44-28-8-6-23(16-27(28)40(50(2,42)43)10-9-39-11-13-45-14-12-39)47-33(41)49-30(17-24-25(34)18-38-19-26(24)35)22-5-7-29(48-32(36)37)31(15-22)46-20-21-3-4-21/h5-8,15-16,18-19,21,30,32H,3-4,9-14,17,20H2,1-2H3/t30-/m0/s1. The fourth-order valence-corrected chi connectivity index (χ4v) is 6.69. The van der Waals surface area contributed by atoms with E-state index in [9.17, 15) is 22.0 Å². The van der Waals surface area contributed by atoms with Gasteiger partial charge in [-0.05, 0) is 54.2 Å². The summed E-state index contributed by atoms with van der Waals surface area (Å²) in [7, 11) is -2.39. The second-order valence-corrected chi connectivity index (χ2v) is 14.4. The third kappa shape index (κ3) is 10.4. The highest BCUT2D eigenvalue weighted by molar-refractivity contribution is 7.92. The van der Waals surface area contributed by atoms with Crippen molar-refractivity contribution >= 4 is 45.1 Å². The summed E-state index contributed by atoms with van der Waals surface area (Å²) in [6, 6.07) is 8.47. The third-order valence-corrected chi connectivity index (χ3v) is 9.88. The Balaban J connectivity index is 1.41. The van der Waals surface area contributed by atoms with Crippen molar-refractivity contribution in [3.63, 3.8) is 0 Å². The van der Waals surface area contributed by atoms with Crippen molar-refractivity contribution in [3.8, 4) is 23.0 Å². The molecule has 2 aliphatic rings. The number of alkyl halides is 2. The van der Waals surface area contributed by atoms with Crippen LogP contribution in [0.3, 0.4) is 0 Å². The Bertz CT molecular complexity index is 1730. The van der Waals surface area contributed by atoms with Crippen LogP contribution in [0.5, 0.6) is 23.0 Å². The van der Waals surface area contributed by atoms with Gasteiger partial charge in [0, 0.05) is 51.1 Å².